The van der Waals surface area contributed by atoms with E-state index in [0.717, 1.165) is 11.1 Å². The normalized spacial score (nSPS) is 10.5. The van der Waals surface area contributed by atoms with Gasteiger partial charge in [-0.25, -0.2) is 0 Å². The van der Waals surface area contributed by atoms with Crippen LogP contribution in [0.3, 0.4) is 0 Å². The summed E-state index contributed by atoms with van der Waals surface area (Å²) in [6.45, 7) is 5.98. The molecule has 0 spiro atoms. The number of ketones is 1. The predicted octanol–water partition coefficient (Wildman–Crippen LogP) is 4.08. The van der Waals surface area contributed by atoms with E-state index in [1.54, 1.807) is 18.2 Å². The van der Waals surface area contributed by atoms with Crippen molar-refractivity contribution in [2.75, 3.05) is 5.73 Å². The zero-order valence-corrected chi connectivity index (χ0v) is 12.0. The van der Waals surface area contributed by atoms with Crippen LogP contribution in [0.2, 0.25) is 5.02 Å². The van der Waals surface area contributed by atoms with Crippen molar-refractivity contribution in [1.82, 2.24) is 0 Å². The van der Waals surface area contributed by atoms with Crippen LogP contribution in [0.4, 0.5) is 5.69 Å². The number of hydrogen-bond acceptors (Lipinski definition) is 2. The number of anilines is 1. The Morgan fingerprint density at radius 2 is 1.63 bits per heavy atom. The first-order chi connectivity index (χ1) is 8.90. The Labute approximate surface area is 118 Å². The largest absolute Gasteiger partial charge is 0.398 e. The minimum Gasteiger partial charge on any atom is -0.398 e. The summed E-state index contributed by atoms with van der Waals surface area (Å²) in [7, 11) is 0. The van der Waals surface area contributed by atoms with Crippen molar-refractivity contribution >= 4 is 23.1 Å². The topological polar surface area (TPSA) is 43.1 Å². The molecule has 2 nitrogen and oxygen atoms in total. The van der Waals surface area contributed by atoms with Gasteiger partial charge < -0.3 is 5.73 Å². The zero-order valence-electron chi connectivity index (χ0n) is 11.3. The lowest BCUT2D eigenvalue weighted by Gasteiger charge is -2.10. The first kappa shape index (κ1) is 13.6. The number of aryl methyl sites for hydroxylation is 3. The molecule has 2 rings (SSSR count). The van der Waals surface area contributed by atoms with E-state index in [2.05, 4.69) is 0 Å². The highest BCUT2D eigenvalue weighted by Gasteiger charge is 2.14. The number of rotatable bonds is 2. The number of hydrogen-bond donors (Lipinski definition) is 1. The van der Waals surface area contributed by atoms with Crippen LogP contribution >= 0.6 is 11.6 Å². The summed E-state index contributed by atoms with van der Waals surface area (Å²) in [4.78, 5) is 12.5. The Bertz CT molecular complexity index is 662. The molecule has 19 heavy (non-hydrogen) atoms. The fourth-order valence-corrected chi connectivity index (χ4v) is 2.16. The van der Waals surface area contributed by atoms with Gasteiger partial charge in [0.05, 0.1) is 10.7 Å². The molecule has 98 valence electrons. The smallest absolute Gasteiger partial charge is 0.193 e. The minimum atomic E-state index is -0.0241. The molecule has 0 saturated heterocycles. The summed E-state index contributed by atoms with van der Waals surface area (Å²) in [6.07, 6.45) is 0. The van der Waals surface area contributed by atoms with Gasteiger partial charge >= 0.3 is 0 Å². The second-order valence-corrected chi connectivity index (χ2v) is 5.22. The zero-order chi connectivity index (χ0) is 14.2. The Kier molecular flexibility index (Phi) is 3.63. The lowest BCUT2D eigenvalue weighted by molar-refractivity contribution is 0.103. The second-order valence-electron chi connectivity index (χ2n) is 4.82. The van der Waals surface area contributed by atoms with Crippen LogP contribution in [0, 0.1) is 20.8 Å². The Hall–Kier alpha value is -1.80. The molecule has 0 unspecified atom stereocenters. The highest BCUT2D eigenvalue weighted by Crippen LogP contribution is 2.23. The second kappa shape index (κ2) is 5.06. The third kappa shape index (κ3) is 2.64. The molecule has 3 heteroatoms. The molecule has 2 aromatic rings. The van der Waals surface area contributed by atoms with Crippen LogP contribution in [-0.2, 0) is 0 Å². The average molecular weight is 274 g/mol. The van der Waals surface area contributed by atoms with Crippen LogP contribution < -0.4 is 5.73 Å². The van der Waals surface area contributed by atoms with Crippen molar-refractivity contribution in [1.29, 1.82) is 0 Å². The molecule has 0 saturated carbocycles. The van der Waals surface area contributed by atoms with Gasteiger partial charge in [-0.15, -0.1) is 0 Å². The lowest BCUT2D eigenvalue weighted by atomic mass is 9.94. The maximum atomic E-state index is 12.5. The van der Waals surface area contributed by atoms with E-state index < -0.39 is 0 Å². The molecule has 2 aromatic carbocycles. The fraction of sp³-hybridized carbons (Fsp3) is 0.188. The Balaban J connectivity index is 2.49. The third-order valence-electron chi connectivity index (χ3n) is 3.34. The van der Waals surface area contributed by atoms with Crippen LogP contribution in [0.5, 0.6) is 0 Å². The molecule has 0 aliphatic heterocycles. The molecule has 2 N–H and O–H groups in total. The molecule has 0 heterocycles. The van der Waals surface area contributed by atoms with Crippen molar-refractivity contribution in [2.24, 2.45) is 0 Å². The monoisotopic (exact) mass is 273 g/mol. The average Bonchev–Trinajstić information content (AvgIpc) is 2.36. The summed E-state index contributed by atoms with van der Waals surface area (Å²) < 4.78 is 0. The van der Waals surface area contributed by atoms with Gasteiger partial charge in [0.2, 0.25) is 0 Å². The molecule has 0 radical (unpaired) electrons. The molecular weight excluding hydrogens is 258 g/mol. The van der Waals surface area contributed by atoms with Gasteiger partial charge in [-0.2, -0.15) is 0 Å². The summed E-state index contributed by atoms with van der Waals surface area (Å²) >= 11 is 5.87. The van der Waals surface area contributed by atoms with Crippen molar-refractivity contribution in [3.63, 3.8) is 0 Å². The van der Waals surface area contributed by atoms with E-state index in [-0.39, 0.29) is 5.78 Å². The maximum Gasteiger partial charge on any atom is 0.193 e. The highest BCUT2D eigenvalue weighted by molar-refractivity contribution is 6.33. The number of benzene rings is 2. The molecular formula is C16H16ClNO. The Morgan fingerprint density at radius 1 is 1.00 bits per heavy atom. The molecule has 0 fully saturated rings. The fourth-order valence-electron chi connectivity index (χ4n) is 2.05. The van der Waals surface area contributed by atoms with Crippen LogP contribution in [-0.4, -0.2) is 5.78 Å². The van der Waals surface area contributed by atoms with Gasteiger partial charge in [0.25, 0.3) is 0 Å². The summed E-state index contributed by atoms with van der Waals surface area (Å²) in [5, 5.41) is 0.466. The van der Waals surface area contributed by atoms with Gasteiger partial charge in [0, 0.05) is 11.1 Å². The van der Waals surface area contributed by atoms with Gasteiger partial charge in [0.15, 0.2) is 5.78 Å². The van der Waals surface area contributed by atoms with Crippen molar-refractivity contribution in [3.05, 3.63) is 63.2 Å². The third-order valence-corrected chi connectivity index (χ3v) is 3.69. The minimum absolute atomic E-state index is 0.0241. The van der Waals surface area contributed by atoms with Gasteiger partial charge in [0.1, 0.15) is 0 Å². The van der Waals surface area contributed by atoms with E-state index >= 15 is 0 Å². The standard InChI is InChI=1S/C16H16ClNO/c1-9-6-11(3)13(7-10(9)2)16(19)12-4-5-14(17)15(18)8-12/h4-8H,18H2,1-3H3. The molecule has 0 aliphatic carbocycles. The summed E-state index contributed by atoms with van der Waals surface area (Å²) in [5.41, 5.74) is 10.7. The molecule has 0 amide bonds. The van der Waals surface area contributed by atoms with Crippen LogP contribution in [0.1, 0.15) is 32.6 Å². The van der Waals surface area contributed by atoms with Gasteiger partial charge in [-0.1, -0.05) is 17.7 Å². The van der Waals surface area contributed by atoms with Crippen molar-refractivity contribution < 1.29 is 4.79 Å². The summed E-state index contributed by atoms with van der Waals surface area (Å²) in [5.74, 6) is -0.0241. The van der Waals surface area contributed by atoms with Gasteiger partial charge in [-0.3, -0.25) is 4.79 Å². The number of halogens is 1. The number of carbonyl (C=O) groups is 1. The molecule has 0 aliphatic rings. The van der Waals surface area contributed by atoms with E-state index in [1.165, 1.54) is 5.56 Å². The molecule has 0 atom stereocenters. The van der Waals surface area contributed by atoms with E-state index in [0.29, 0.717) is 21.8 Å². The number of nitrogens with two attached hydrogens (primary N) is 1. The van der Waals surface area contributed by atoms with E-state index in [4.69, 9.17) is 17.3 Å². The lowest BCUT2D eigenvalue weighted by Crippen LogP contribution is -2.05. The van der Waals surface area contributed by atoms with Crippen molar-refractivity contribution in [3.8, 4) is 0 Å². The van der Waals surface area contributed by atoms with Crippen LogP contribution in [0.15, 0.2) is 30.3 Å². The SMILES string of the molecule is Cc1cc(C)c(C(=O)c2ccc(Cl)c(N)c2)cc1C. The molecule has 0 bridgehead atoms. The first-order valence-electron chi connectivity index (χ1n) is 6.07. The Morgan fingerprint density at radius 3 is 2.26 bits per heavy atom. The van der Waals surface area contributed by atoms with Crippen molar-refractivity contribution in [2.45, 2.75) is 20.8 Å². The first-order valence-corrected chi connectivity index (χ1v) is 6.45. The van der Waals surface area contributed by atoms with E-state index in [1.807, 2.05) is 32.9 Å². The number of carbonyl (C=O) groups excluding carboxylic acids is 1. The highest BCUT2D eigenvalue weighted by atomic mass is 35.5. The van der Waals surface area contributed by atoms with Gasteiger partial charge in [-0.05, 0) is 61.7 Å². The maximum absolute atomic E-state index is 12.5. The van der Waals surface area contributed by atoms with Crippen LogP contribution in [0.25, 0.3) is 0 Å². The summed E-state index contributed by atoms with van der Waals surface area (Å²) in [6, 6.07) is 8.94. The number of nitrogen functional groups attached to an aromatic ring is 1. The quantitative estimate of drug-likeness (QED) is 0.662. The molecule has 0 aromatic heterocycles. The van der Waals surface area contributed by atoms with E-state index in [9.17, 15) is 4.79 Å². The predicted molar refractivity (Wildman–Crippen MR) is 79.9 cm³/mol.